The zero-order valence-electron chi connectivity index (χ0n) is 11.7. The lowest BCUT2D eigenvalue weighted by Gasteiger charge is -2.14. The van der Waals surface area contributed by atoms with E-state index in [4.69, 9.17) is 0 Å². The molecule has 1 unspecified atom stereocenters. The van der Waals surface area contributed by atoms with Crippen LogP contribution in [0.1, 0.15) is 25.8 Å². The highest BCUT2D eigenvalue weighted by Crippen LogP contribution is 2.28. The van der Waals surface area contributed by atoms with Gasteiger partial charge in [-0.15, -0.1) is 0 Å². The Morgan fingerprint density at radius 1 is 1.24 bits per heavy atom. The fraction of sp³-hybridized carbons (Fsp3) is 0.462. The van der Waals surface area contributed by atoms with E-state index in [9.17, 15) is 30.1 Å². The van der Waals surface area contributed by atoms with Gasteiger partial charge in [0.2, 0.25) is 0 Å². The fourth-order valence-electron chi connectivity index (χ4n) is 2.11. The van der Waals surface area contributed by atoms with Gasteiger partial charge in [-0.1, -0.05) is 13.8 Å². The molecular formula is C13H16N2O6. The second-order valence-electron chi connectivity index (χ2n) is 5.20. The summed E-state index contributed by atoms with van der Waals surface area (Å²) in [5.41, 5.74) is -0.612. The van der Waals surface area contributed by atoms with Crippen LogP contribution < -0.4 is 0 Å². The molecule has 0 aliphatic carbocycles. The summed E-state index contributed by atoms with van der Waals surface area (Å²) in [4.78, 5) is 31.4. The maximum Gasteiger partial charge on any atom is 0.306 e. The monoisotopic (exact) mass is 296 g/mol. The van der Waals surface area contributed by atoms with Gasteiger partial charge in [0.1, 0.15) is 0 Å². The largest absolute Gasteiger partial charge is 0.481 e. The predicted molar refractivity (Wildman–Crippen MR) is 74.0 cm³/mol. The summed E-state index contributed by atoms with van der Waals surface area (Å²) >= 11 is 0. The summed E-state index contributed by atoms with van der Waals surface area (Å²) in [6.45, 7) is 3.72. The summed E-state index contributed by atoms with van der Waals surface area (Å²) in [6, 6.07) is 3.27. The number of nitro benzene ring substituents is 2. The van der Waals surface area contributed by atoms with Gasteiger partial charge >= 0.3 is 5.97 Å². The Labute approximate surface area is 120 Å². The van der Waals surface area contributed by atoms with Crippen molar-refractivity contribution in [2.24, 2.45) is 11.8 Å². The van der Waals surface area contributed by atoms with Gasteiger partial charge in [-0.05, 0) is 24.8 Å². The summed E-state index contributed by atoms with van der Waals surface area (Å²) in [5.74, 6) is -1.66. The van der Waals surface area contributed by atoms with E-state index >= 15 is 0 Å². The first-order valence-electron chi connectivity index (χ1n) is 6.36. The Morgan fingerprint density at radius 2 is 1.86 bits per heavy atom. The van der Waals surface area contributed by atoms with E-state index in [2.05, 4.69) is 0 Å². The van der Waals surface area contributed by atoms with Crippen LogP contribution in [0.3, 0.4) is 0 Å². The standard InChI is InChI=1S/C13H16N2O6/c1-8(2)5-10(13(16)17)6-9-3-4-11(14(18)19)7-12(9)15(20)21/h3-4,7-8,10H,5-6H2,1-2H3,(H,16,17). The molecule has 1 atom stereocenters. The maximum atomic E-state index is 11.2. The Morgan fingerprint density at radius 3 is 2.29 bits per heavy atom. The molecule has 1 N–H and O–H groups in total. The molecule has 0 saturated heterocycles. The van der Waals surface area contributed by atoms with E-state index in [0.29, 0.717) is 6.42 Å². The number of non-ortho nitro benzene ring substituents is 1. The Bertz CT molecular complexity index is 570. The number of hydrogen-bond donors (Lipinski definition) is 1. The van der Waals surface area contributed by atoms with Crippen molar-refractivity contribution in [3.05, 3.63) is 44.0 Å². The number of hydrogen-bond acceptors (Lipinski definition) is 5. The first-order chi connectivity index (χ1) is 9.72. The molecule has 0 amide bonds. The summed E-state index contributed by atoms with van der Waals surface area (Å²) in [6.07, 6.45) is 0.352. The normalized spacial score (nSPS) is 12.1. The Kier molecular flexibility index (Phi) is 5.34. The zero-order valence-corrected chi connectivity index (χ0v) is 11.7. The minimum atomic E-state index is -1.03. The lowest BCUT2D eigenvalue weighted by atomic mass is 9.90. The van der Waals surface area contributed by atoms with E-state index in [1.54, 1.807) is 0 Å². The quantitative estimate of drug-likeness (QED) is 0.609. The van der Waals surface area contributed by atoms with Crippen molar-refractivity contribution in [1.29, 1.82) is 0 Å². The topological polar surface area (TPSA) is 124 Å². The second-order valence-corrected chi connectivity index (χ2v) is 5.20. The third-order valence-electron chi connectivity index (χ3n) is 3.05. The molecule has 0 spiro atoms. The van der Waals surface area contributed by atoms with Gasteiger partial charge in [0.25, 0.3) is 11.4 Å². The Balaban J connectivity index is 3.13. The van der Waals surface area contributed by atoms with E-state index in [-0.39, 0.29) is 23.6 Å². The number of benzene rings is 1. The molecule has 1 rings (SSSR count). The molecule has 0 fully saturated rings. The number of nitro groups is 2. The molecule has 114 valence electrons. The first-order valence-corrected chi connectivity index (χ1v) is 6.36. The molecule has 8 heteroatoms. The number of rotatable bonds is 7. The summed E-state index contributed by atoms with van der Waals surface area (Å²) in [7, 11) is 0. The molecule has 1 aromatic carbocycles. The average Bonchev–Trinajstić information content (AvgIpc) is 2.37. The first kappa shape index (κ1) is 16.5. The van der Waals surface area contributed by atoms with Crippen molar-refractivity contribution in [2.75, 3.05) is 0 Å². The smallest absolute Gasteiger partial charge is 0.306 e. The van der Waals surface area contributed by atoms with Crippen LogP contribution in [-0.4, -0.2) is 20.9 Å². The van der Waals surface area contributed by atoms with Crippen LogP contribution >= 0.6 is 0 Å². The highest BCUT2D eigenvalue weighted by Gasteiger charge is 2.25. The second kappa shape index (κ2) is 6.78. The van der Waals surface area contributed by atoms with Crippen LogP contribution in [0.15, 0.2) is 18.2 Å². The van der Waals surface area contributed by atoms with E-state index in [1.807, 2.05) is 13.8 Å². The van der Waals surface area contributed by atoms with Gasteiger partial charge in [-0.25, -0.2) is 0 Å². The van der Waals surface area contributed by atoms with Crippen molar-refractivity contribution >= 4 is 17.3 Å². The molecule has 0 aromatic heterocycles. The number of carboxylic acid groups (broad SMARTS) is 1. The molecule has 8 nitrogen and oxygen atoms in total. The van der Waals surface area contributed by atoms with Crippen molar-refractivity contribution in [3.8, 4) is 0 Å². The molecule has 21 heavy (non-hydrogen) atoms. The highest BCUT2D eigenvalue weighted by atomic mass is 16.6. The van der Waals surface area contributed by atoms with Gasteiger partial charge in [0, 0.05) is 11.6 Å². The predicted octanol–water partition coefficient (Wildman–Crippen LogP) is 2.79. The SMILES string of the molecule is CC(C)CC(Cc1ccc([N+](=O)[O-])cc1[N+](=O)[O-])C(=O)O. The zero-order chi connectivity index (χ0) is 16.2. The van der Waals surface area contributed by atoms with E-state index < -0.39 is 27.4 Å². The van der Waals surface area contributed by atoms with Crippen LogP contribution in [0.5, 0.6) is 0 Å². The molecule has 0 aliphatic rings. The third kappa shape index (κ3) is 4.51. The van der Waals surface area contributed by atoms with Crippen molar-refractivity contribution in [1.82, 2.24) is 0 Å². The molecular weight excluding hydrogens is 280 g/mol. The molecule has 0 aliphatic heterocycles. The van der Waals surface area contributed by atoms with Crippen LogP contribution in [0, 0.1) is 32.1 Å². The number of carboxylic acids is 1. The molecule has 0 radical (unpaired) electrons. The lowest BCUT2D eigenvalue weighted by Crippen LogP contribution is -2.19. The van der Waals surface area contributed by atoms with Gasteiger partial charge in [0.15, 0.2) is 0 Å². The van der Waals surface area contributed by atoms with Crippen LogP contribution in [0.2, 0.25) is 0 Å². The minimum Gasteiger partial charge on any atom is -0.481 e. The van der Waals surface area contributed by atoms with Gasteiger partial charge in [0.05, 0.1) is 21.8 Å². The van der Waals surface area contributed by atoms with Gasteiger partial charge < -0.3 is 5.11 Å². The third-order valence-corrected chi connectivity index (χ3v) is 3.05. The molecule has 0 saturated carbocycles. The van der Waals surface area contributed by atoms with Crippen LogP contribution in [-0.2, 0) is 11.2 Å². The minimum absolute atomic E-state index is 0.0260. The number of nitrogens with zero attached hydrogens (tertiary/aromatic N) is 2. The maximum absolute atomic E-state index is 11.2. The summed E-state index contributed by atoms with van der Waals surface area (Å²) < 4.78 is 0. The Hall–Kier alpha value is -2.51. The highest BCUT2D eigenvalue weighted by molar-refractivity contribution is 5.70. The lowest BCUT2D eigenvalue weighted by molar-refractivity contribution is -0.394. The number of carbonyl (C=O) groups is 1. The number of aliphatic carboxylic acids is 1. The van der Waals surface area contributed by atoms with Crippen LogP contribution in [0.4, 0.5) is 11.4 Å². The van der Waals surface area contributed by atoms with Crippen molar-refractivity contribution in [2.45, 2.75) is 26.7 Å². The molecule has 0 bridgehead atoms. The summed E-state index contributed by atoms with van der Waals surface area (Å²) in [5, 5.41) is 30.8. The molecule has 0 heterocycles. The van der Waals surface area contributed by atoms with Crippen molar-refractivity contribution < 1.29 is 19.7 Å². The van der Waals surface area contributed by atoms with E-state index in [0.717, 1.165) is 12.1 Å². The van der Waals surface area contributed by atoms with Crippen LogP contribution in [0.25, 0.3) is 0 Å². The fourth-order valence-corrected chi connectivity index (χ4v) is 2.11. The van der Waals surface area contributed by atoms with Crippen molar-refractivity contribution in [3.63, 3.8) is 0 Å². The van der Waals surface area contributed by atoms with E-state index in [1.165, 1.54) is 6.07 Å². The van der Waals surface area contributed by atoms with Gasteiger partial charge in [-0.3, -0.25) is 25.0 Å². The van der Waals surface area contributed by atoms with Gasteiger partial charge in [-0.2, -0.15) is 0 Å². The molecule has 1 aromatic rings. The average molecular weight is 296 g/mol.